The number of alkyl halides is 1. The molecular weight excluding hydrogens is 395 g/mol. The maximum atomic E-state index is 14.6. The quantitative estimate of drug-likeness (QED) is 0.724. The van der Waals surface area contributed by atoms with Gasteiger partial charge in [0.25, 0.3) is 0 Å². The minimum atomic E-state index is -1.03. The molecule has 2 N–H and O–H groups in total. The van der Waals surface area contributed by atoms with E-state index in [1.807, 2.05) is 18.2 Å². The van der Waals surface area contributed by atoms with Gasteiger partial charge in [0.2, 0.25) is 0 Å². The molecule has 26 heavy (non-hydrogen) atoms. The van der Waals surface area contributed by atoms with Gasteiger partial charge >= 0.3 is 0 Å². The SMILES string of the molecule is COc1cc(Br)ccc1C1c2ccc(N)c(C)c2CCN1CC1(F)CC1. The maximum absolute atomic E-state index is 14.6. The number of benzene rings is 2. The number of ether oxygens (including phenoxy) is 1. The molecule has 2 aromatic carbocycles. The van der Waals surface area contributed by atoms with Crippen LogP contribution in [0.4, 0.5) is 10.1 Å². The molecule has 1 fully saturated rings. The number of hydrogen-bond donors (Lipinski definition) is 1. The summed E-state index contributed by atoms with van der Waals surface area (Å²) in [6, 6.07) is 10.1. The summed E-state index contributed by atoms with van der Waals surface area (Å²) in [5.41, 5.74) is 10.7. The minimum absolute atomic E-state index is 0.0191. The smallest absolute Gasteiger partial charge is 0.125 e. The number of methoxy groups -OCH3 is 1. The van der Waals surface area contributed by atoms with Crippen LogP contribution in [-0.2, 0) is 6.42 Å². The van der Waals surface area contributed by atoms with Crippen molar-refractivity contribution in [1.29, 1.82) is 0 Å². The van der Waals surface area contributed by atoms with E-state index in [-0.39, 0.29) is 6.04 Å². The lowest BCUT2D eigenvalue weighted by atomic mass is 9.84. The number of anilines is 1. The third kappa shape index (κ3) is 3.12. The second-order valence-electron chi connectivity index (χ2n) is 7.51. The first-order valence-electron chi connectivity index (χ1n) is 9.06. The molecule has 4 rings (SSSR count). The summed E-state index contributed by atoms with van der Waals surface area (Å²) in [6.07, 6.45) is 2.24. The highest BCUT2D eigenvalue weighted by molar-refractivity contribution is 9.10. The lowest BCUT2D eigenvalue weighted by Gasteiger charge is -2.39. The molecule has 3 nitrogen and oxygen atoms in total. The Morgan fingerprint density at radius 2 is 2.00 bits per heavy atom. The van der Waals surface area contributed by atoms with Crippen LogP contribution in [0.2, 0.25) is 0 Å². The molecule has 0 spiro atoms. The summed E-state index contributed by atoms with van der Waals surface area (Å²) in [5, 5.41) is 0. The van der Waals surface area contributed by atoms with Crippen molar-refractivity contribution < 1.29 is 9.13 Å². The first kappa shape index (κ1) is 17.8. The summed E-state index contributed by atoms with van der Waals surface area (Å²) in [5.74, 6) is 0.820. The van der Waals surface area contributed by atoms with Crippen molar-refractivity contribution in [2.45, 2.75) is 37.9 Å². The van der Waals surface area contributed by atoms with Gasteiger partial charge in [-0.1, -0.05) is 28.1 Å². The van der Waals surface area contributed by atoms with Crippen molar-refractivity contribution in [3.8, 4) is 5.75 Å². The molecule has 0 saturated heterocycles. The van der Waals surface area contributed by atoms with Gasteiger partial charge in [-0.15, -0.1) is 0 Å². The van der Waals surface area contributed by atoms with E-state index >= 15 is 0 Å². The Kier molecular flexibility index (Phi) is 4.48. The predicted molar refractivity (Wildman–Crippen MR) is 106 cm³/mol. The van der Waals surface area contributed by atoms with E-state index in [0.717, 1.165) is 40.0 Å². The third-order valence-corrected chi connectivity index (χ3v) is 6.25. The second kappa shape index (κ2) is 6.54. The predicted octanol–water partition coefficient (Wildman–Crippen LogP) is 4.80. The number of halogens is 2. The third-order valence-electron chi connectivity index (χ3n) is 5.75. The summed E-state index contributed by atoms with van der Waals surface area (Å²) in [6.45, 7) is 3.38. The minimum Gasteiger partial charge on any atom is -0.496 e. The number of nitrogens with two attached hydrogens (primary N) is 1. The molecule has 2 aromatic rings. The van der Waals surface area contributed by atoms with Crippen molar-refractivity contribution in [1.82, 2.24) is 4.90 Å². The zero-order valence-electron chi connectivity index (χ0n) is 15.2. The zero-order valence-corrected chi connectivity index (χ0v) is 16.8. The van der Waals surface area contributed by atoms with Gasteiger partial charge in [0.05, 0.1) is 13.2 Å². The highest BCUT2D eigenvalue weighted by Gasteiger charge is 2.46. The Morgan fingerprint density at radius 3 is 2.69 bits per heavy atom. The van der Waals surface area contributed by atoms with Crippen LogP contribution in [0.15, 0.2) is 34.8 Å². The van der Waals surface area contributed by atoms with Crippen LogP contribution in [0.1, 0.15) is 41.1 Å². The number of fused-ring (bicyclic) bond motifs is 1. The Hall–Kier alpha value is -1.59. The molecule has 0 radical (unpaired) electrons. The van der Waals surface area contributed by atoms with Gasteiger partial charge in [-0.25, -0.2) is 4.39 Å². The normalized spacial score (nSPS) is 21.3. The van der Waals surface area contributed by atoms with Crippen molar-refractivity contribution >= 4 is 21.6 Å². The van der Waals surface area contributed by atoms with E-state index in [4.69, 9.17) is 10.5 Å². The average Bonchev–Trinajstić information content (AvgIpc) is 3.35. The first-order chi connectivity index (χ1) is 12.4. The molecular formula is C21H24BrFN2O. The topological polar surface area (TPSA) is 38.5 Å². The molecule has 0 bridgehead atoms. The van der Waals surface area contributed by atoms with Gasteiger partial charge in [-0.3, -0.25) is 4.90 Å². The fraction of sp³-hybridized carbons (Fsp3) is 0.429. The number of nitrogens with zero attached hydrogens (tertiary/aromatic N) is 1. The summed E-state index contributed by atoms with van der Waals surface area (Å²) < 4.78 is 21.3. The highest BCUT2D eigenvalue weighted by atomic mass is 79.9. The monoisotopic (exact) mass is 418 g/mol. The molecule has 2 aliphatic rings. The van der Waals surface area contributed by atoms with Gasteiger partial charge in [0.1, 0.15) is 11.4 Å². The largest absolute Gasteiger partial charge is 0.496 e. The number of rotatable bonds is 4. The number of hydrogen-bond acceptors (Lipinski definition) is 3. The Bertz CT molecular complexity index is 850. The highest BCUT2D eigenvalue weighted by Crippen LogP contribution is 2.46. The van der Waals surface area contributed by atoms with Gasteiger partial charge in [0, 0.05) is 28.8 Å². The molecule has 0 amide bonds. The van der Waals surface area contributed by atoms with Crippen molar-refractivity contribution in [2.24, 2.45) is 0 Å². The van der Waals surface area contributed by atoms with E-state index < -0.39 is 5.67 Å². The fourth-order valence-electron chi connectivity index (χ4n) is 4.07. The van der Waals surface area contributed by atoms with Gasteiger partial charge in [0.15, 0.2) is 0 Å². The maximum Gasteiger partial charge on any atom is 0.125 e. The van der Waals surface area contributed by atoms with Crippen molar-refractivity contribution in [2.75, 3.05) is 25.9 Å². The van der Waals surface area contributed by atoms with E-state index in [9.17, 15) is 4.39 Å². The Morgan fingerprint density at radius 1 is 1.27 bits per heavy atom. The van der Waals surface area contributed by atoms with Crippen LogP contribution >= 0.6 is 15.9 Å². The molecule has 1 unspecified atom stereocenters. The van der Waals surface area contributed by atoms with Crippen LogP contribution in [0.5, 0.6) is 5.75 Å². The second-order valence-corrected chi connectivity index (χ2v) is 8.42. The molecule has 1 heterocycles. The van der Waals surface area contributed by atoms with E-state index in [0.29, 0.717) is 19.4 Å². The van der Waals surface area contributed by atoms with Gasteiger partial charge in [-0.2, -0.15) is 0 Å². The molecule has 5 heteroatoms. The summed E-state index contributed by atoms with van der Waals surface area (Å²) in [4.78, 5) is 2.27. The van der Waals surface area contributed by atoms with Crippen LogP contribution in [0.3, 0.4) is 0 Å². The summed E-state index contributed by atoms with van der Waals surface area (Å²) >= 11 is 3.52. The average molecular weight is 419 g/mol. The van der Waals surface area contributed by atoms with Gasteiger partial charge < -0.3 is 10.5 Å². The van der Waals surface area contributed by atoms with E-state index in [1.54, 1.807) is 7.11 Å². The van der Waals surface area contributed by atoms with Gasteiger partial charge in [-0.05, 0) is 61.1 Å². The summed E-state index contributed by atoms with van der Waals surface area (Å²) in [7, 11) is 1.69. The first-order valence-corrected chi connectivity index (χ1v) is 9.85. The van der Waals surface area contributed by atoms with Crippen LogP contribution < -0.4 is 10.5 Å². The lowest BCUT2D eigenvalue weighted by molar-refractivity contribution is 0.139. The van der Waals surface area contributed by atoms with E-state index in [1.165, 1.54) is 11.1 Å². The molecule has 1 saturated carbocycles. The van der Waals surface area contributed by atoms with Crippen molar-refractivity contribution in [3.63, 3.8) is 0 Å². The Labute approximate surface area is 162 Å². The van der Waals surface area contributed by atoms with Crippen LogP contribution in [0.25, 0.3) is 0 Å². The fourth-order valence-corrected chi connectivity index (χ4v) is 4.41. The van der Waals surface area contributed by atoms with Crippen molar-refractivity contribution in [3.05, 3.63) is 57.1 Å². The lowest BCUT2D eigenvalue weighted by Crippen LogP contribution is -2.41. The standard InChI is InChI=1S/C21H24BrFN2O/c1-13-15-7-10-25(12-21(23)8-9-21)20(16(15)5-6-18(13)24)17-4-3-14(22)11-19(17)26-2/h3-6,11,20H,7-10,12,24H2,1-2H3. The zero-order chi connectivity index (χ0) is 18.5. The van der Waals surface area contributed by atoms with Crippen LogP contribution in [-0.4, -0.2) is 30.8 Å². The Balaban J connectivity index is 1.85. The molecule has 1 aliphatic carbocycles. The van der Waals surface area contributed by atoms with E-state index in [2.05, 4.69) is 39.9 Å². The molecule has 0 aromatic heterocycles. The number of nitrogen functional groups attached to an aromatic ring is 1. The molecule has 138 valence electrons. The molecule has 1 atom stereocenters. The van der Waals surface area contributed by atoms with Crippen LogP contribution in [0, 0.1) is 6.92 Å². The molecule has 1 aliphatic heterocycles.